The first-order valence-electron chi connectivity index (χ1n) is 7.85. The van der Waals surface area contributed by atoms with Crippen LogP contribution in [-0.2, 0) is 9.53 Å². The van der Waals surface area contributed by atoms with E-state index >= 15 is 0 Å². The van der Waals surface area contributed by atoms with E-state index in [1.165, 1.54) is 0 Å². The number of rotatable bonds is 4. The van der Waals surface area contributed by atoms with E-state index in [4.69, 9.17) is 9.15 Å². The van der Waals surface area contributed by atoms with Gasteiger partial charge in [0.05, 0.1) is 0 Å². The van der Waals surface area contributed by atoms with Crippen molar-refractivity contribution in [3.63, 3.8) is 0 Å². The Kier molecular flexibility index (Phi) is 5.12. The maximum Gasteiger partial charge on any atom is 0.342 e. The average Bonchev–Trinajstić information content (AvgIpc) is 2.81. The molecule has 0 radical (unpaired) electrons. The molecule has 0 aliphatic rings. The highest BCUT2D eigenvalue weighted by atomic mass is 16.5. The smallest absolute Gasteiger partial charge is 0.342 e. The van der Waals surface area contributed by atoms with E-state index in [-0.39, 0.29) is 5.91 Å². The number of hydrogen-bond acceptors (Lipinski definition) is 4. The van der Waals surface area contributed by atoms with Gasteiger partial charge in [-0.15, -0.1) is 0 Å². The molecule has 1 N–H and O–H groups in total. The van der Waals surface area contributed by atoms with Gasteiger partial charge in [-0.2, -0.15) is 0 Å². The van der Waals surface area contributed by atoms with Crippen LogP contribution in [0.2, 0.25) is 0 Å². The van der Waals surface area contributed by atoms with Crippen LogP contribution in [-0.4, -0.2) is 18.0 Å². The van der Waals surface area contributed by atoms with Crippen LogP contribution < -0.4 is 5.32 Å². The van der Waals surface area contributed by atoms with Crippen molar-refractivity contribution in [3.8, 4) is 0 Å². The van der Waals surface area contributed by atoms with E-state index in [1.807, 2.05) is 32.9 Å². The number of esters is 1. The van der Waals surface area contributed by atoms with Crippen LogP contribution in [0.15, 0.2) is 22.6 Å². The predicted octanol–water partition coefficient (Wildman–Crippen LogP) is 4.01. The lowest BCUT2D eigenvalue weighted by Crippen LogP contribution is -2.30. The Morgan fingerprint density at radius 2 is 1.62 bits per heavy atom. The average molecular weight is 329 g/mol. The largest absolute Gasteiger partial charge is 0.466 e. The van der Waals surface area contributed by atoms with E-state index in [0.717, 1.165) is 22.4 Å². The molecule has 128 valence electrons. The molecule has 5 nitrogen and oxygen atoms in total. The quantitative estimate of drug-likeness (QED) is 0.861. The molecule has 24 heavy (non-hydrogen) atoms. The fourth-order valence-electron chi connectivity index (χ4n) is 2.71. The monoisotopic (exact) mass is 329 g/mol. The van der Waals surface area contributed by atoms with Gasteiger partial charge in [0.1, 0.15) is 17.1 Å². The van der Waals surface area contributed by atoms with Crippen LogP contribution in [0.5, 0.6) is 0 Å². The third kappa shape index (κ3) is 3.85. The van der Waals surface area contributed by atoms with Gasteiger partial charge in [0.25, 0.3) is 5.91 Å². The summed E-state index contributed by atoms with van der Waals surface area (Å²) in [5, 5.41) is 2.84. The summed E-state index contributed by atoms with van der Waals surface area (Å²) < 4.78 is 10.6. The summed E-state index contributed by atoms with van der Waals surface area (Å²) in [6.07, 6.45) is -0.910. The summed E-state index contributed by atoms with van der Waals surface area (Å²) in [5.74, 6) is 0.179. The minimum Gasteiger partial charge on any atom is -0.466 e. The Bertz CT molecular complexity index is 766. The molecule has 0 aliphatic heterocycles. The molecule has 2 aromatic rings. The molecular weight excluding hydrogens is 306 g/mol. The number of amides is 1. The van der Waals surface area contributed by atoms with Crippen molar-refractivity contribution in [1.29, 1.82) is 0 Å². The van der Waals surface area contributed by atoms with E-state index in [9.17, 15) is 9.59 Å². The van der Waals surface area contributed by atoms with E-state index in [2.05, 4.69) is 5.32 Å². The van der Waals surface area contributed by atoms with Crippen molar-refractivity contribution in [2.45, 2.75) is 47.6 Å². The van der Waals surface area contributed by atoms with Gasteiger partial charge in [-0.3, -0.25) is 4.79 Å². The highest BCUT2D eigenvalue weighted by molar-refractivity contribution is 5.98. The molecule has 1 aromatic heterocycles. The number of hydrogen-bond donors (Lipinski definition) is 1. The van der Waals surface area contributed by atoms with Crippen molar-refractivity contribution in [2.75, 3.05) is 5.32 Å². The normalized spacial score (nSPS) is 11.9. The number of benzene rings is 1. The van der Waals surface area contributed by atoms with Gasteiger partial charge < -0.3 is 14.5 Å². The summed E-state index contributed by atoms with van der Waals surface area (Å²) in [6.45, 7) is 10.9. The lowest BCUT2D eigenvalue weighted by atomic mass is 10.0. The van der Waals surface area contributed by atoms with Gasteiger partial charge >= 0.3 is 5.97 Å². The molecular formula is C19H23NO4. The van der Waals surface area contributed by atoms with Crippen molar-refractivity contribution < 1.29 is 18.7 Å². The van der Waals surface area contributed by atoms with Gasteiger partial charge in [0.2, 0.25) is 0 Å². The second-order valence-electron chi connectivity index (χ2n) is 6.14. The predicted molar refractivity (Wildman–Crippen MR) is 92.3 cm³/mol. The Labute approximate surface area is 142 Å². The first kappa shape index (κ1) is 17.8. The second kappa shape index (κ2) is 6.91. The van der Waals surface area contributed by atoms with E-state index < -0.39 is 12.1 Å². The Morgan fingerprint density at radius 1 is 1.04 bits per heavy atom. The third-order valence-corrected chi connectivity index (χ3v) is 3.84. The van der Waals surface area contributed by atoms with Crippen LogP contribution in [0.25, 0.3) is 0 Å². The number of nitrogens with one attached hydrogen (secondary N) is 1. The standard InChI is InChI=1S/C19H23NO4/c1-10-7-11(2)17(12(3)8-10)20-18(21)15(6)24-19(22)16-9-13(4)23-14(16)5/h7-9,15H,1-6H3,(H,20,21)/t15-/m1/s1. The molecule has 0 spiro atoms. The molecule has 1 aromatic carbocycles. The van der Waals surface area contributed by atoms with Crippen molar-refractivity contribution in [1.82, 2.24) is 0 Å². The molecule has 0 fully saturated rings. The van der Waals surface area contributed by atoms with Crippen LogP contribution in [0.1, 0.15) is 45.5 Å². The van der Waals surface area contributed by atoms with Gasteiger partial charge in [0, 0.05) is 5.69 Å². The first-order valence-corrected chi connectivity index (χ1v) is 7.85. The van der Waals surface area contributed by atoms with E-state index in [0.29, 0.717) is 17.1 Å². The van der Waals surface area contributed by atoms with Crippen molar-refractivity contribution in [2.24, 2.45) is 0 Å². The number of carbonyl (C=O) groups is 2. The molecule has 0 bridgehead atoms. The SMILES string of the molecule is Cc1cc(C)c(NC(=O)[C@@H](C)OC(=O)c2cc(C)oc2C)c(C)c1. The fraction of sp³-hybridized carbons (Fsp3) is 0.368. The highest BCUT2D eigenvalue weighted by Crippen LogP contribution is 2.22. The summed E-state index contributed by atoms with van der Waals surface area (Å²) >= 11 is 0. The Hall–Kier alpha value is -2.56. The molecule has 1 heterocycles. The van der Waals surface area contributed by atoms with Gasteiger partial charge in [0.15, 0.2) is 6.10 Å². The minimum absolute atomic E-state index is 0.342. The topological polar surface area (TPSA) is 68.5 Å². The van der Waals surface area contributed by atoms with E-state index in [1.54, 1.807) is 26.8 Å². The maximum absolute atomic E-state index is 12.3. The summed E-state index contributed by atoms with van der Waals surface area (Å²) in [7, 11) is 0. The molecule has 0 saturated carbocycles. The summed E-state index contributed by atoms with van der Waals surface area (Å²) in [4.78, 5) is 24.5. The number of anilines is 1. The van der Waals surface area contributed by atoms with Crippen LogP contribution in [0.3, 0.4) is 0 Å². The molecule has 1 amide bonds. The molecule has 2 rings (SSSR count). The van der Waals surface area contributed by atoms with Crippen LogP contribution in [0.4, 0.5) is 5.69 Å². The van der Waals surface area contributed by atoms with Gasteiger partial charge in [-0.05, 0) is 58.7 Å². The Balaban J connectivity index is 2.08. The van der Waals surface area contributed by atoms with Crippen LogP contribution in [0, 0.1) is 34.6 Å². The zero-order chi connectivity index (χ0) is 18.0. The molecule has 0 aliphatic carbocycles. The number of aryl methyl sites for hydroxylation is 5. The Morgan fingerprint density at radius 3 is 2.12 bits per heavy atom. The zero-order valence-corrected chi connectivity index (χ0v) is 14.9. The molecule has 5 heteroatoms. The highest BCUT2D eigenvalue weighted by Gasteiger charge is 2.22. The van der Waals surface area contributed by atoms with Gasteiger partial charge in [-0.1, -0.05) is 17.7 Å². The number of ether oxygens (including phenoxy) is 1. The molecule has 1 atom stereocenters. The number of furan rings is 1. The summed E-state index contributed by atoms with van der Waals surface area (Å²) in [5.41, 5.74) is 4.17. The summed E-state index contributed by atoms with van der Waals surface area (Å²) in [6, 6.07) is 5.60. The lowest BCUT2D eigenvalue weighted by molar-refractivity contribution is -0.123. The molecule has 0 saturated heterocycles. The number of carbonyl (C=O) groups excluding carboxylic acids is 2. The zero-order valence-electron chi connectivity index (χ0n) is 14.9. The third-order valence-electron chi connectivity index (χ3n) is 3.84. The minimum atomic E-state index is -0.910. The van der Waals surface area contributed by atoms with Crippen LogP contribution >= 0.6 is 0 Å². The molecule has 0 unspecified atom stereocenters. The second-order valence-corrected chi connectivity index (χ2v) is 6.14. The maximum atomic E-state index is 12.3. The van der Waals surface area contributed by atoms with Gasteiger partial charge in [-0.25, -0.2) is 4.79 Å². The van der Waals surface area contributed by atoms with Crippen molar-refractivity contribution in [3.05, 3.63) is 52.0 Å². The lowest BCUT2D eigenvalue weighted by Gasteiger charge is -2.16. The first-order chi connectivity index (χ1) is 11.2. The fourth-order valence-corrected chi connectivity index (χ4v) is 2.71. The van der Waals surface area contributed by atoms with Crippen molar-refractivity contribution >= 4 is 17.6 Å².